The van der Waals surface area contributed by atoms with E-state index in [4.69, 9.17) is 4.74 Å². The molecule has 1 heterocycles. The number of ether oxygens (including phenoxy) is 1. The van der Waals surface area contributed by atoms with Crippen LogP contribution in [0.4, 0.5) is 5.69 Å². The summed E-state index contributed by atoms with van der Waals surface area (Å²) in [5, 5.41) is 0. The lowest BCUT2D eigenvalue weighted by Crippen LogP contribution is -2.31. The molecule has 4 heteroatoms. The highest BCUT2D eigenvalue weighted by atomic mass is 16.5. The van der Waals surface area contributed by atoms with Crippen LogP contribution in [0.2, 0.25) is 0 Å². The Balaban J connectivity index is 2.37. The van der Waals surface area contributed by atoms with Gasteiger partial charge in [-0.25, -0.2) is 0 Å². The van der Waals surface area contributed by atoms with Gasteiger partial charge in [0, 0.05) is 20.3 Å². The molecule has 1 aromatic rings. The van der Waals surface area contributed by atoms with Crippen molar-refractivity contribution in [3.05, 3.63) is 28.8 Å². The van der Waals surface area contributed by atoms with E-state index in [0.29, 0.717) is 18.7 Å². The van der Waals surface area contributed by atoms with E-state index in [1.54, 1.807) is 18.1 Å². The molecule has 0 aliphatic carbocycles. The topological polar surface area (TPSA) is 46.6 Å². The molecule has 0 spiro atoms. The molecule has 0 unspecified atom stereocenters. The van der Waals surface area contributed by atoms with Crippen LogP contribution in [0.3, 0.4) is 0 Å². The van der Waals surface area contributed by atoms with Gasteiger partial charge in [0.15, 0.2) is 0 Å². The number of rotatable bonds is 4. The molecule has 0 atom stereocenters. The molecule has 0 N–H and O–H groups in total. The molecule has 0 bridgehead atoms. The Morgan fingerprint density at radius 3 is 2.61 bits per heavy atom. The van der Waals surface area contributed by atoms with Gasteiger partial charge in [0.25, 0.3) is 11.7 Å². The number of anilines is 1. The van der Waals surface area contributed by atoms with E-state index >= 15 is 0 Å². The molecule has 2 rings (SSSR count). The molecular formula is C14H17NO3. The Morgan fingerprint density at radius 1 is 1.22 bits per heavy atom. The Morgan fingerprint density at radius 2 is 1.94 bits per heavy atom. The third kappa shape index (κ3) is 1.93. The largest absolute Gasteiger partial charge is 0.385 e. The summed E-state index contributed by atoms with van der Waals surface area (Å²) in [6.45, 7) is 5.04. The molecule has 1 amide bonds. The fraction of sp³-hybridized carbons (Fsp3) is 0.429. The van der Waals surface area contributed by atoms with E-state index in [0.717, 1.165) is 23.2 Å². The van der Waals surface area contributed by atoms with Gasteiger partial charge in [0.2, 0.25) is 0 Å². The fourth-order valence-corrected chi connectivity index (χ4v) is 2.25. The predicted molar refractivity (Wildman–Crippen MR) is 69.1 cm³/mol. The van der Waals surface area contributed by atoms with Gasteiger partial charge in [-0.15, -0.1) is 0 Å². The molecule has 4 nitrogen and oxygen atoms in total. The average Bonchev–Trinajstić information content (AvgIpc) is 2.60. The van der Waals surface area contributed by atoms with Crippen molar-refractivity contribution in [1.82, 2.24) is 0 Å². The normalized spacial score (nSPS) is 14.3. The first-order chi connectivity index (χ1) is 8.57. The van der Waals surface area contributed by atoms with Crippen LogP contribution in [-0.4, -0.2) is 32.0 Å². The molecule has 0 saturated heterocycles. The maximum atomic E-state index is 12.0. The number of benzene rings is 1. The molecular weight excluding hydrogens is 230 g/mol. The van der Waals surface area contributed by atoms with Crippen LogP contribution >= 0.6 is 0 Å². The standard InChI is InChI=1S/C14H17NO3/c1-9-5-6-11-12(10(9)2)15(7-4-8-18-3)14(17)13(11)16/h5-6H,4,7-8H2,1-3H3. The Kier molecular flexibility index (Phi) is 3.48. The second kappa shape index (κ2) is 4.90. The minimum absolute atomic E-state index is 0.398. The first-order valence-electron chi connectivity index (χ1n) is 6.03. The zero-order valence-electron chi connectivity index (χ0n) is 10.9. The van der Waals surface area contributed by atoms with Gasteiger partial charge in [-0.05, 0) is 37.5 Å². The average molecular weight is 247 g/mol. The highest BCUT2D eigenvalue weighted by Crippen LogP contribution is 2.33. The number of hydrogen-bond donors (Lipinski definition) is 0. The highest BCUT2D eigenvalue weighted by molar-refractivity contribution is 6.52. The van der Waals surface area contributed by atoms with Crippen LogP contribution in [0, 0.1) is 13.8 Å². The molecule has 0 fully saturated rings. The molecule has 0 saturated carbocycles. The number of carbonyl (C=O) groups is 2. The van der Waals surface area contributed by atoms with E-state index in [1.807, 2.05) is 19.9 Å². The van der Waals surface area contributed by atoms with E-state index in [-0.39, 0.29) is 0 Å². The van der Waals surface area contributed by atoms with Crippen molar-refractivity contribution in [2.24, 2.45) is 0 Å². The lowest BCUT2D eigenvalue weighted by molar-refractivity contribution is -0.114. The number of methoxy groups -OCH3 is 1. The van der Waals surface area contributed by atoms with Crippen LogP contribution in [0.5, 0.6) is 0 Å². The van der Waals surface area contributed by atoms with Crippen LogP contribution in [0.15, 0.2) is 12.1 Å². The Labute approximate surface area is 107 Å². The minimum Gasteiger partial charge on any atom is -0.385 e. The van der Waals surface area contributed by atoms with E-state index in [2.05, 4.69) is 0 Å². The quantitative estimate of drug-likeness (QED) is 0.602. The SMILES string of the molecule is COCCCN1C(=O)C(=O)c2ccc(C)c(C)c21. The first kappa shape index (κ1) is 12.8. The predicted octanol–water partition coefficient (Wildman–Crippen LogP) is 1.87. The summed E-state index contributed by atoms with van der Waals surface area (Å²) in [6, 6.07) is 3.63. The number of fused-ring (bicyclic) bond motifs is 1. The zero-order chi connectivity index (χ0) is 13.3. The number of aryl methyl sites for hydroxylation is 1. The molecule has 1 aliphatic heterocycles. The van der Waals surface area contributed by atoms with Crippen molar-refractivity contribution in [2.45, 2.75) is 20.3 Å². The second-order valence-corrected chi connectivity index (χ2v) is 4.54. The van der Waals surface area contributed by atoms with Gasteiger partial charge < -0.3 is 9.64 Å². The van der Waals surface area contributed by atoms with Gasteiger partial charge in [-0.1, -0.05) is 6.07 Å². The monoisotopic (exact) mass is 247 g/mol. The van der Waals surface area contributed by atoms with Crippen molar-refractivity contribution < 1.29 is 14.3 Å². The highest BCUT2D eigenvalue weighted by Gasteiger charge is 2.36. The number of amides is 1. The van der Waals surface area contributed by atoms with Crippen LogP contribution in [0.1, 0.15) is 27.9 Å². The van der Waals surface area contributed by atoms with Crippen LogP contribution in [-0.2, 0) is 9.53 Å². The van der Waals surface area contributed by atoms with Gasteiger partial charge in [0.05, 0.1) is 11.3 Å². The van der Waals surface area contributed by atoms with E-state index < -0.39 is 11.7 Å². The summed E-state index contributed by atoms with van der Waals surface area (Å²) >= 11 is 0. The van der Waals surface area contributed by atoms with Gasteiger partial charge in [0.1, 0.15) is 0 Å². The van der Waals surface area contributed by atoms with Gasteiger partial charge in [-0.3, -0.25) is 9.59 Å². The lowest BCUT2D eigenvalue weighted by Gasteiger charge is -2.19. The van der Waals surface area contributed by atoms with E-state index in [1.165, 1.54) is 0 Å². The Bertz CT molecular complexity index is 508. The van der Waals surface area contributed by atoms with Crippen molar-refractivity contribution in [2.75, 3.05) is 25.2 Å². The zero-order valence-corrected chi connectivity index (χ0v) is 10.9. The van der Waals surface area contributed by atoms with Crippen molar-refractivity contribution in [3.63, 3.8) is 0 Å². The van der Waals surface area contributed by atoms with Gasteiger partial charge in [-0.2, -0.15) is 0 Å². The van der Waals surface area contributed by atoms with Crippen molar-refractivity contribution in [1.29, 1.82) is 0 Å². The molecule has 1 aromatic carbocycles. The first-order valence-corrected chi connectivity index (χ1v) is 6.03. The molecule has 0 radical (unpaired) electrons. The summed E-state index contributed by atoms with van der Waals surface area (Å²) in [5.41, 5.74) is 3.40. The molecule has 0 aromatic heterocycles. The molecule has 18 heavy (non-hydrogen) atoms. The number of hydrogen-bond acceptors (Lipinski definition) is 3. The fourth-order valence-electron chi connectivity index (χ4n) is 2.25. The molecule has 96 valence electrons. The maximum Gasteiger partial charge on any atom is 0.299 e. The lowest BCUT2D eigenvalue weighted by atomic mass is 10.0. The van der Waals surface area contributed by atoms with Crippen molar-refractivity contribution >= 4 is 17.4 Å². The van der Waals surface area contributed by atoms with E-state index in [9.17, 15) is 9.59 Å². The summed E-state index contributed by atoms with van der Waals surface area (Å²) in [4.78, 5) is 25.4. The third-order valence-electron chi connectivity index (χ3n) is 3.39. The Hall–Kier alpha value is -1.68. The third-order valence-corrected chi connectivity index (χ3v) is 3.39. The maximum absolute atomic E-state index is 12.0. The second-order valence-electron chi connectivity index (χ2n) is 4.54. The number of nitrogens with zero attached hydrogens (tertiary/aromatic N) is 1. The number of Topliss-reactive ketones (excluding diaryl/α,β-unsaturated/α-hetero) is 1. The van der Waals surface area contributed by atoms with Crippen molar-refractivity contribution in [3.8, 4) is 0 Å². The summed E-state index contributed by atoms with van der Waals surface area (Å²) in [6.07, 6.45) is 0.725. The minimum atomic E-state index is -0.421. The number of ketones is 1. The van der Waals surface area contributed by atoms with Crippen LogP contribution in [0.25, 0.3) is 0 Å². The van der Waals surface area contributed by atoms with Gasteiger partial charge >= 0.3 is 0 Å². The molecule has 1 aliphatic rings. The summed E-state index contributed by atoms with van der Waals surface area (Å²) in [5.74, 6) is -0.819. The summed E-state index contributed by atoms with van der Waals surface area (Å²) < 4.78 is 4.98. The summed E-state index contributed by atoms with van der Waals surface area (Å²) in [7, 11) is 1.63. The van der Waals surface area contributed by atoms with Crippen LogP contribution < -0.4 is 4.90 Å². The smallest absolute Gasteiger partial charge is 0.299 e. The number of carbonyl (C=O) groups excluding carboxylic acids is 2.